The van der Waals surface area contributed by atoms with Gasteiger partial charge in [-0.15, -0.1) is 0 Å². The number of nitrogens with one attached hydrogen (secondary N) is 3. The van der Waals surface area contributed by atoms with Crippen LogP contribution in [0.5, 0.6) is 0 Å². The van der Waals surface area contributed by atoms with E-state index in [9.17, 15) is 10.1 Å². The first-order valence-electron chi connectivity index (χ1n) is 8.94. The van der Waals surface area contributed by atoms with Crippen molar-refractivity contribution in [2.45, 2.75) is 26.0 Å². The summed E-state index contributed by atoms with van der Waals surface area (Å²) in [6.07, 6.45) is 0.301. The van der Waals surface area contributed by atoms with Gasteiger partial charge in [0.1, 0.15) is 12.1 Å². The normalized spacial score (nSPS) is 11.2. The summed E-state index contributed by atoms with van der Waals surface area (Å²) in [5.41, 5.74) is 8.40. The molecule has 1 unspecified atom stereocenters. The molecule has 2 aromatic rings. The standard InChI is InChI=1S/C21H23N5O2S/c1-14(23)9-20(29)26-18-10-17(8-7-16(18)11-22)25-19(21(24)27)13-28-12-15-5-3-2-4-6-15/h2-8,10,19,23,25H,9,12-13H2,1H3,(H2,24,27)(H,26,29). The molecule has 8 heteroatoms. The van der Waals surface area contributed by atoms with Crippen LogP contribution in [0.4, 0.5) is 11.4 Å². The topological polar surface area (TPSA) is 124 Å². The lowest BCUT2D eigenvalue weighted by Crippen LogP contribution is -2.39. The van der Waals surface area contributed by atoms with E-state index in [0.29, 0.717) is 40.7 Å². The van der Waals surface area contributed by atoms with E-state index in [-0.39, 0.29) is 6.61 Å². The first-order chi connectivity index (χ1) is 13.9. The lowest BCUT2D eigenvalue weighted by molar-refractivity contribution is -0.120. The average molecular weight is 410 g/mol. The second-order valence-electron chi connectivity index (χ2n) is 6.48. The van der Waals surface area contributed by atoms with Crippen molar-refractivity contribution in [3.63, 3.8) is 0 Å². The van der Waals surface area contributed by atoms with Crippen molar-refractivity contribution in [2.75, 3.05) is 17.2 Å². The summed E-state index contributed by atoms with van der Waals surface area (Å²) in [4.78, 5) is 12.3. The third kappa shape index (κ3) is 7.33. The predicted molar refractivity (Wildman–Crippen MR) is 118 cm³/mol. The number of amides is 1. The molecule has 0 aliphatic carbocycles. The number of rotatable bonds is 10. The molecule has 1 amide bonds. The molecule has 150 valence electrons. The fraction of sp³-hybridized carbons (Fsp3) is 0.238. The Bertz CT molecular complexity index is 924. The monoisotopic (exact) mass is 409 g/mol. The summed E-state index contributed by atoms with van der Waals surface area (Å²) in [6, 6.07) is 15.9. The highest BCUT2D eigenvalue weighted by molar-refractivity contribution is 7.80. The molecule has 0 radical (unpaired) electrons. The summed E-state index contributed by atoms with van der Waals surface area (Å²) in [7, 11) is 0. The molecule has 0 saturated heterocycles. The van der Waals surface area contributed by atoms with Crippen LogP contribution in [-0.4, -0.2) is 29.3 Å². The van der Waals surface area contributed by atoms with Crippen LogP contribution in [0, 0.1) is 16.7 Å². The molecule has 0 saturated carbocycles. The van der Waals surface area contributed by atoms with E-state index in [1.54, 1.807) is 25.1 Å². The van der Waals surface area contributed by atoms with Crippen molar-refractivity contribution in [3.05, 3.63) is 59.7 Å². The number of nitrogens with zero attached hydrogens (tertiary/aromatic N) is 1. The molecule has 0 aliphatic rings. The van der Waals surface area contributed by atoms with E-state index in [4.69, 9.17) is 28.1 Å². The first kappa shape index (κ1) is 22.0. The largest absolute Gasteiger partial charge is 0.374 e. The molecule has 0 aromatic heterocycles. The zero-order chi connectivity index (χ0) is 21.2. The van der Waals surface area contributed by atoms with E-state index in [1.165, 1.54) is 0 Å². The SMILES string of the molecule is CC(=N)CC(=S)Nc1cc(NC(COCc2ccccc2)C(N)=O)ccc1C#N. The Morgan fingerprint density at radius 1 is 1.31 bits per heavy atom. The summed E-state index contributed by atoms with van der Waals surface area (Å²) in [5, 5.41) is 22.9. The maximum atomic E-state index is 11.8. The highest BCUT2D eigenvalue weighted by Crippen LogP contribution is 2.22. The summed E-state index contributed by atoms with van der Waals surface area (Å²) >= 11 is 5.22. The third-order valence-corrected chi connectivity index (χ3v) is 4.17. The Labute approximate surface area is 175 Å². The van der Waals surface area contributed by atoms with Crippen LogP contribution in [0.2, 0.25) is 0 Å². The quantitative estimate of drug-likeness (QED) is 0.353. The lowest BCUT2D eigenvalue weighted by Gasteiger charge is -2.18. The summed E-state index contributed by atoms with van der Waals surface area (Å²) in [5.74, 6) is -0.549. The van der Waals surface area contributed by atoms with Gasteiger partial charge in [-0.05, 0) is 30.7 Å². The number of anilines is 2. The molecule has 0 bridgehead atoms. The number of hydrogen-bond donors (Lipinski definition) is 4. The Morgan fingerprint density at radius 2 is 2.03 bits per heavy atom. The molecule has 29 heavy (non-hydrogen) atoms. The van der Waals surface area contributed by atoms with E-state index in [0.717, 1.165) is 5.56 Å². The number of ether oxygens (including phenoxy) is 1. The molecule has 5 N–H and O–H groups in total. The second kappa shape index (κ2) is 10.9. The van der Waals surface area contributed by atoms with Gasteiger partial charge in [-0.2, -0.15) is 5.26 Å². The van der Waals surface area contributed by atoms with Crippen molar-refractivity contribution >= 4 is 40.2 Å². The number of carbonyl (C=O) groups excluding carboxylic acids is 1. The van der Waals surface area contributed by atoms with Gasteiger partial charge in [0.15, 0.2) is 0 Å². The molecular formula is C21H23N5O2S. The molecule has 1 atom stereocenters. The molecule has 2 rings (SSSR count). The average Bonchev–Trinajstić information content (AvgIpc) is 2.67. The van der Waals surface area contributed by atoms with Crippen LogP contribution in [0.25, 0.3) is 0 Å². The molecule has 0 fully saturated rings. The lowest BCUT2D eigenvalue weighted by atomic mass is 10.1. The van der Waals surface area contributed by atoms with E-state index in [1.807, 2.05) is 30.3 Å². The number of nitrogens with two attached hydrogens (primary N) is 1. The molecule has 2 aromatic carbocycles. The molecule has 0 spiro atoms. The first-order valence-corrected chi connectivity index (χ1v) is 9.35. The van der Waals surface area contributed by atoms with Crippen LogP contribution < -0.4 is 16.4 Å². The number of thiocarbonyl (C=S) groups is 1. The Hall–Kier alpha value is -3.28. The minimum Gasteiger partial charge on any atom is -0.374 e. The van der Waals surface area contributed by atoms with Gasteiger partial charge in [0.05, 0.1) is 29.5 Å². The molecular weight excluding hydrogens is 386 g/mol. The Balaban J connectivity index is 2.05. The summed E-state index contributed by atoms with van der Waals surface area (Å²) < 4.78 is 5.62. The van der Waals surface area contributed by atoms with Gasteiger partial charge < -0.3 is 26.5 Å². The van der Waals surface area contributed by atoms with Crippen molar-refractivity contribution in [3.8, 4) is 6.07 Å². The fourth-order valence-electron chi connectivity index (χ4n) is 2.54. The molecule has 0 aliphatic heterocycles. The highest BCUT2D eigenvalue weighted by Gasteiger charge is 2.16. The number of carbonyl (C=O) groups is 1. The van der Waals surface area contributed by atoms with Gasteiger partial charge >= 0.3 is 0 Å². The Kier molecular flexibility index (Phi) is 8.27. The zero-order valence-corrected chi connectivity index (χ0v) is 16.9. The number of nitriles is 1. The second-order valence-corrected chi connectivity index (χ2v) is 6.97. The van der Waals surface area contributed by atoms with Gasteiger partial charge in [-0.25, -0.2) is 0 Å². The predicted octanol–water partition coefficient (Wildman–Crippen LogP) is 3.21. The van der Waals surface area contributed by atoms with E-state index < -0.39 is 11.9 Å². The zero-order valence-electron chi connectivity index (χ0n) is 16.1. The van der Waals surface area contributed by atoms with Crippen molar-refractivity contribution in [1.29, 1.82) is 10.7 Å². The minimum atomic E-state index is -0.740. The number of hydrogen-bond acceptors (Lipinski definition) is 6. The van der Waals surface area contributed by atoms with E-state index >= 15 is 0 Å². The fourth-order valence-corrected chi connectivity index (χ4v) is 2.86. The van der Waals surface area contributed by atoms with Gasteiger partial charge in [0, 0.05) is 17.8 Å². The summed E-state index contributed by atoms with van der Waals surface area (Å²) in [6.45, 7) is 2.12. The third-order valence-electron chi connectivity index (χ3n) is 3.92. The Morgan fingerprint density at radius 3 is 2.66 bits per heavy atom. The number of benzene rings is 2. The highest BCUT2D eigenvalue weighted by atomic mass is 32.1. The van der Waals surface area contributed by atoms with Gasteiger partial charge in [-0.3, -0.25) is 4.79 Å². The number of primary amides is 1. The van der Waals surface area contributed by atoms with Gasteiger partial charge in [-0.1, -0.05) is 42.5 Å². The van der Waals surface area contributed by atoms with Crippen molar-refractivity contribution in [2.24, 2.45) is 5.73 Å². The van der Waals surface area contributed by atoms with Crippen molar-refractivity contribution in [1.82, 2.24) is 0 Å². The van der Waals surface area contributed by atoms with Gasteiger partial charge in [0.2, 0.25) is 5.91 Å². The maximum Gasteiger partial charge on any atom is 0.242 e. The van der Waals surface area contributed by atoms with Gasteiger partial charge in [0.25, 0.3) is 0 Å². The van der Waals surface area contributed by atoms with Crippen LogP contribution >= 0.6 is 12.2 Å². The smallest absolute Gasteiger partial charge is 0.242 e. The van der Waals surface area contributed by atoms with Crippen molar-refractivity contribution < 1.29 is 9.53 Å². The van der Waals surface area contributed by atoms with E-state index in [2.05, 4.69) is 16.7 Å². The van der Waals surface area contributed by atoms with Crippen LogP contribution in [-0.2, 0) is 16.1 Å². The van der Waals surface area contributed by atoms with Crippen LogP contribution in [0.3, 0.4) is 0 Å². The molecule has 0 heterocycles. The maximum absolute atomic E-state index is 11.8. The van der Waals surface area contributed by atoms with Crippen LogP contribution in [0.1, 0.15) is 24.5 Å². The van der Waals surface area contributed by atoms with Crippen LogP contribution in [0.15, 0.2) is 48.5 Å². The minimum absolute atomic E-state index is 0.0956. The molecule has 7 nitrogen and oxygen atoms in total.